The Labute approximate surface area is 166 Å². The van der Waals surface area contributed by atoms with Crippen LogP contribution in [0.4, 0.5) is 0 Å². The van der Waals surface area contributed by atoms with Crippen molar-refractivity contribution in [3.8, 4) is 0 Å². The lowest BCUT2D eigenvalue weighted by Gasteiger charge is -2.38. The van der Waals surface area contributed by atoms with Gasteiger partial charge < -0.3 is 15.4 Å². The summed E-state index contributed by atoms with van der Waals surface area (Å²) < 4.78 is 7.55. The summed E-state index contributed by atoms with van der Waals surface area (Å²) in [6, 6.07) is 10.1. The average molecular weight is 390 g/mol. The molecule has 1 aliphatic heterocycles. The fourth-order valence-electron chi connectivity index (χ4n) is 3.50. The first-order valence-corrected chi connectivity index (χ1v) is 9.85. The van der Waals surface area contributed by atoms with Gasteiger partial charge in [0.25, 0.3) is 0 Å². The van der Waals surface area contributed by atoms with Crippen LogP contribution in [-0.4, -0.2) is 49.1 Å². The van der Waals surface area contributed by atoms with Crippen LogP contribution in [-0.2, 0) is 16.7 Å². The van der Waals surface area contributed by atoms with Gasteiger partial charge in [0, 0.05) is 62.7 Å². The highest BCUT2D eigenvalue weighted by Crippen LogP contribution is 2.35. The molecule has 3 rings (SSSR count). The topological polar surface area (TPSA) is 63.5 Å². The Hall–Kier alpha value is -2.05. The minimum absolute atomic E-state index is 0.00975. The molecule has 2 aromatic rings. The standard InChI is InChI=1S/C20H28ClN5O/c1-22-19(23-9-3-11-26-12-4-10-25-26)24-16-20(7-13-27-14-8-20)17-5-2-6-18(21)15-17/h2,4-6,10,12,15H,3,7-9,11,13-14,16H2,1H3,(H2,22,23,24). The van der Waals surface area contributed by atoms with Crippen molar-refractivity contribution in [3.63, 3.8) is 0 Å². The van der Waals surface area contributed by atoms with E-state index in [4.69, 9.17) is 16.3 Å². The predicted octanol–water partition coefficient (Wildman–Crippen LogP) is 2.84. The largest absolute Gasteiger partial charge is 0.381 e. The maximum Gasteiger partial charge on any atom is 0.191 e. The number of nitrogens with zero attached hydrogens (tertiary/aromatic N) is 3. The molecule has 0 radical (unpaired) electrons. The minimum atomic E-state index is 0.00975. The van der Waals surface area contributed by atoms with Gasteiger partial charge in [-0.3, -0.25) is 9.67 Å². The van der Waals surface area contributed by atoms with Crippen LogP contribution in [0.15, 0.2) is 47.7 Å². The van der Waals surface area contributed by atoms with E-state index in [1.165, 1.54) is 5.56 Å². The fraction of sp³-hybridized carbons (Fsp3) is 0.500. The normalized spacial score (nSPS) is 16.9. The summed E-state index contributed by atoms with van der Waals surface area (Å²) in [5, 5.41) is 11.9. The molecule has 0 unspecified atom stereocenters. The molecular weight excluding hydrogens is 362 g/mol. The molecule has 0 amide bonds. The number of ether oxygens (including phenoxy) is 1. The molecule has 0 aliphatic carbocycles. The lowest BCUT2D eigenvalue weighted by atomic mass is 9.74. The Bertz CT molecular complexity index is 726. The van der Waals surface area contributed by atoms with E-state index in [0.29, 0.717) is 0 Å². The lowest BCUT2D eigenvalue weighted by Crippen LogP contribution is -2.48. The van der Waals surface area contributed by atoms with E-state index in [0.717, 1.165) is 63.1 Å². The summed E-state index contributed by atoms with van der Waals surface area (Å²) >= 11 is 6.25. The zero-order valence-electron chi connectivity index (χ0n) is 15.8. The Morgan fingerprint density at radius 2 is 2.15 bits per heavy atom. The molecule has 6 nitrogen and oxygen atoms in total. The maximum absolute atomic E-state index is 6.25. The van der Waals surface area contributed by atoms with Gasteiger partial charge in [-0.15, -0.1) is 0 Å². The van der Waals surface area contributed by atoms with Crippen molar-refractivity contribution in [2.24, 2.45) is 4.99 Å². The molecular formula is C20H28ClN5O. The van der Waals surface area contributed by atoms with Gasteiger partial charge >= 0.3 is 0 Å². The Balaban J connectivity index is 1.55. The molecule has 1 aromatic carbocycles. The van der Waals surface area contributed by atoms with Crippen molar-refractivity contribution < 1.29 is 4.74 Å². The number of aromatic nitrogens is 2. The molecule has 0 bridgehead atoms. The number of halogens is 1. The van der Waals surface area contributed by atoms with E-state index in [2.05, 4.69) is 32.9 Å². The van der Waals surface area contributed by atoms with Crippen LogP contribution in [0.5, 0.6) is 0 Å². The first-order chi connectivity index (χ1) is 13.2. The highest BCUT2D eigenvalue weighted by atomic mass is 35.5. The second-order valence-electron chi connectivity index (χ2n) is 6.88. The van der Waals surface area contributed by atoms with Crippen molar-refractivity contribution in [3.05, 3.63) is 53.3 Å². The molecule has 0 atom stereocenters. The number of rotatable bonds is 7. The number of benzene rings is 1. The zero-order valence-corrected chi connectivity index (χ0v) is 16.6. The summed E-state index contributed by atoms with van der Waals surface area (Å²) in [6.45, 7) is 4.07. The third-order valence-electron chi connectivity index (χ3n) is 5.12. The van der Waals surface area contributed by atoms with Crippen molar-refractivity contribution in [1.29, 1.82) is 0 Å². The first-order valence-electron chi connectivity index (χ1n) is 9.48. The highest BCUT2D eigenvalue weighted by Gasteiger charge is 2.34. The van der Waals surface area contributed by atoms with E-state index >= 15 is 0 Å². The molecule has 7 heteroatoms. The molecule has 1 aliphatic rings. The number of guanidine groups is 1. The molecule has 1 fully saturated rings. The molecule has 1 saturated heterocycles. The quantitative estimate of drug-likeness (QED) is 0.434. The van der Waals surface area contributed by atoms with Gasteiger partial charge in [0.2, 0.25) is 0 Å². The monoisotopic (exact) mass is 389 g/mol. The van der Waals surface area contributed by atoms with E-state index < -0.39 is 0 Å². The zero-order chi connectivity index (χ0) is 19.0. The van der Waals surface area contributed by atoms with Crippen LogP contribution in [0.1, 0.15) is 24.8 Å². The maximum atomic E-state index is 6.25. The Morgan fingerprint density at radius 1 is 1.30 bits per heavy atom. The second kappa shape index (κ2) is 9.76. The fourth-order valence-corrected chi connectivity index (χ4v) is 3.69. The number of hydrogen-bond donors (Lipinski definition) is 2. The predicted molar refractivity (Wildman–Crippen MR) is 109 cm³/mol. The Kier molecular flexibility index (Phi) is 7.12. The smallest absolute Gasteiger partial charge is 0.191 e. The molecule has 27 heavy (non-hydrogen) atoms. The van der Waals surface area contributed by atoms with Crippen LogP contribution < -0.4 is 10.6 Å². The molecule has 0 spiro atoms. The van der Waals surface area contributed by atoms with Gasteiger partial charge in [-0.25, -0.2) is 0 Å². The second-order valence-corrected chi connectivity index (χ2v) is 7.31. The van der Waals surface area contributed by atoms with Crippen LogP contribution in [0.3, 0.4) is 0 Å². The summed E-state index contributed by atoms with van der Waals surface area (Å²) in [4.78, 5) is 4.36. The van der Waals surface area contributed by atoms with E-state index in [9.17, 15) is 0 Å². The van der Waals surface area contributed by atoms with Crippen LogP contribution in [0.25, 0.3) is 0 Å². The molecule has 2 N–H and O–H groups in total. The van der Waals surface area contributed by atoms with Gasteiger partial charge in [0.05, 0.1) is 0 Å². The van der Waals surface area contributed by atoms with Crippen molar-refractivity contribution in [2.45, 2.75) is 31.2 Å². The van der Waals surface area contributed by atoms with E-state index in [-0.39, 0.29) is 5.41 Å². The number of hydrogen-bond acceptors (Lipinski definition) is 3. The van der Waals surface area contributed by atoms with Crippen molar-refractivity contribution in [1.82, 2.24) is 20.4 Å². The number of aliphatic imine (C=N–C) groups is 1. The summed E-state index contributed by atoms with van der Waals surface area (Å²) in [6.07, 6.45) is 6.70. The minimum Gasteiger partial charge on any atom is -0.381 e. The van der Waals surface area contributed by atoms with Gasteiger partial charge in [0.1, 0.15) is 0 Å². The van der Waals surface area contributed by atoms with Crippen LogP contribution >= 0.6 is 11.6 Å². The van der Waals surface area contributed by atoms with Crippen molar-refractivity contribution >= 4 is 17.6 Å². The molecule has 0 saturated carbocycles. The molecule has 146 valence electrons. The van der Waals surface area contributed by atoms with Crippen LogP contribution in [0.2, 0.25) is 5.02 Å². The summed E-state index contributed by atoms with van der Waals surface area (Å²) in [7, 11) is 1.80. The third-order valence-corrected chi connectivity index (χ3v) is 5.36. The first kappa shape index (κ1) is 19.7. The summed E-state index contributed by atoms with van der Waals surface area (Å²) in [5.41, 5.74) is 1.27. The molecule has 2 heterocycles. The number of nitrogens with one attached hydrogen (secondary N) is 2. The molecule has 1 aromatic heterocycles. The van der Waals surface area contributed by atoms with Gasteiger partial charge in [-0.1, -0.05) is 23.7 Å². The lowest BCUT2D eigenvalue weighted by molar-refractivity contribution is 0.0514. The van der Waals surface area contributed by atoms with Gasteiger partial charge in [-0.2, -0.15) is 5.10 Å². The van der Waals surface area contributed by atoms with Gasteiger partial charge in [0.15, 0.2) is 5.96 Å². The van der Waals surface area contributed by atoms with Crippen molar-refractivity contribution in [2.75, 3.05) is 33.4 Å². The van der Waals surface area contributed by atoms with E-state index in [1.807, 2.05) is 29.1 Å². The third kappa shape index (κ3) is 5.47. The van der Waals surface area contributed by atoms with Crippen LogP contribution in [0, 0.1) is 0 Å². The van der Waals surface area contributed by atoms with E-state index in [1.54, 1.807) is 13.2 Å². The average Bonchev–Trinajstić information content (AvgIpc) is 3.22. The SMILES string of the molecule is CN=C(NCCCn1cccn1)NCC1(c2cccc(Cl)c2)CCOCC1. The van der Waals surface area contributed by atoms with Gasteiger partial charge in [-0.05, 0) is 43.0 Å². The summed E-state index contributed by atoms with van der Waals surface area (Å²) in [5.74, 6) is 0.823. The highest BCUT2D eigenvalue weighted by molar-refractivity contribution is 6.30. The number of aryl methyl sites for hydroxylation is 1. The Morgan fingerprint density at radius 3 is 2.85 bits per heavy atom.